The molecule has 3 N–H and O–H groups in total. The molecule has 2 aromatic rings. The number of ketones is 1. The molecule has 0 saturated heterocycles. The highest BCUT2D eigenvalue weighted by Gasteiger charge is 2.17. The van der Waals surface area contributed by atoms with Crippen LogP contribution in [0.4, 0.5) is 0 Å². The zero-order valence-corrected chi connectivity index (χ0v) is 12.2. The molecular formula is C15H16N2O5. The van der Waals surface area contributed by atoms with Crippen LogP contribution in [0.25, 0.3) is 11.0 Å². The molecule has 0 spiro atoms. The quantitative estimate of drug-likeness (QED) is 0.690. The third kappa shape index (κ3) is 3.32. The minimum atomic E-state index is -0.806. The van der Waals surface area contributed by atoms with Crippen molar-refractivity contribution in [3.8, 4) is 5.75 Å². The van der Waals surface area contributed by atoms with Gasteiger partial charge in [-0.3, -0.25) is 9.59 Å². The van der Waals surface area contributed by atoms with Crippen molar-refractivity contribution >= 4 is 22.7 Å². The van der Waals surface area contributed by atoms with E-state index < -0.39 is 17.6 Å². The first-order valence-electron chi connectivity index (χ1n) is 6.65. The highest BCUT2D eigenvalue weighted by molar-refractivity contribution is 5.97. The highest BCUT2D eigenvalue weighted by Crippen LogP contribution is 2.19. The number of fused-ring (bicyclic) bond motifs is 1. The number of likely N-dealkylation sites (N-methyl/N-ethyl adjacent to an activating group) is 1. The maximum Gasteiger partial charge on any atom is 0.349 e. The summed E-state index contributed by atoms with van der Waals surface area (Å²) in [4.78, 5) is 35.2. The first-order chi connectivity index (χ1) is 10.4. The summed E-state index contributed by atoms with van der Waals surface area (Å²) in [6, 6.07) is 5.13. The monoisotopic (exact) mass is 304 g/mol. The molecule has 0 aliphatic heterocycles. The topological polar surface area (TPSA) is 109 Å². The molecule has 0 unspecified atom stereocenters. The molecule has 7 heteroatoms. The molecule has 1 aromatic heterocycles. The molecule has 116 valence electrons. The van der Waals surface area contributed by atoms with Crippen LogP contribution in [-0.2, 0) is 4.79 Å². The molecule has 0 saturated carbocycles. The van der Waals surface area contributed by atoms with Gasteiger partial charge in [0, 0.05) is 18.0 Å². The first-order valence-corrected chi connectivity index (χ1v) is 6.65. The number of hydrogen-bond acceptors (Lipinski definition) is 6. The average Bonchev–Trinajstić information content (AvgIpc) is 2.46. The van der Waals surface area contributed by atoms with Crippen LogP contribution in [-0.4, -0.2) is 36.4 Å². The van der Waals surface area contributed by atoms with Crippen LogP contribution in [0.15, 0.2) is 33.5 Å². The molecule has 1 amide bonds. The fraction of sp³-hybridized carbons (Fsp3) is 0.267. The number of aromatic hydroxyl groups is 1. The maximum absolute atomic E-state index is 12.1. The summed E-state index contributed by atoms with van der Waals surface area (Å²) in [5.74, 6) is -0.778. The predicted molar refractivity (Wildman–Crippen MR) is 80.0 cm³/mol. The summed E-state index contributed by atoms with van der Waals surface area (Å²) in [6.45, 7) is 1.47. The van der Waals surface area contributed by atoms with Crippen molar-refractivity contribution in [2.24, 2.45) is 0 Å². The van der Waals surface area contributed by atoms with E-state index in [9.17, 15) is 19.5 Å². The SMILES string of the molecule is CN[C@@H](CNC(=O)c1cc2ccc(O)cc2oc1=O)C(C)=O. The van der Waals surface area contributed by atoms with Crippen molar-refractivity contribution in [2.75, 3.05) is 13.6 Å². The molecular weight excluding hydrogens is 288 g/mol. The Morgan fingerprint density at radius 1 is 1.32 bits per heavy atom. The second kappa shape index (κ2) is 6.40. The van der Waals surface area contributed by atoms with E-state index in [1.807, 2.05) is 0 Å². The van der Waals surface area contributed by atoms with Gasteiger partial charge in [0.2, 0.25) is 0 Å². The van der Waals surface area contributed by atoms with Gasteiger partial charge in [0.05, 0.1) is 6.04 Å². The smallest absolute Gasteiger partial charge is 0.349 e. The summed E-state index contributed by atoms with van der Waals surface area (Å²) >= 11 is 0. The summed E-state index contributed by atoms with van der Waals surface area (Å²) in [7, 11) is 1.61. The average molecular weight is 304 g/mol. The predicted octanol–water partition coefficient (Wildman–Crippen LogP) is 0.405. The third-order valence-corrected chi connectivity index (χ3v) is 3.27. The Labute approximate surface area is 125 Å². The summed E-state index contributed by atoms with van der Waals surface area (Å²) in [5, 5.41) is 15.1. The lowest BCUT2D eigenvalue weighted by atomic mass is 10.1. The van der Waals surface area contributed by atoms with Gasteiger partial charge in [-0.1, -0.05) is 0 Å². The fourth-order valence-electron chi connectivity index (χ4n) is 2.00. The van der Waals surface area contributed by atoms with Crippen LogP contribution < -0.4 is 16.3 Å². The van der Waals surface area contributed by atoms with Crippen LogP contribution in [0.2, 0.25) is 0 Å². The fourth-order valence-corrected chi connectivity index (χ4v) is 2.00. The highest BCUT2D eigenvalue weighted by atomic mass is 16.4. The normalized spacial score (nSPS) is 12.1. The molecule has 0 radical (unpaired) electrons. The summed E-state index contributed by atoms with van der Waals surface area (Å²) in [5.41, 5.74) is -0.769. The van der Waals surface area contributed by atoms with Gasteiger partial charge < -0.3 is 20.2 Å². The minimum Gasteiger partial charge on any atom is -0.508 e. The molecule has 1 atom stereocenters. The molecule has 22 heavy (non-hydrogen) atoms. The lowest BCUT2D eigenvalue weighted by Crippen LogP contribution is -2.44. The number of benzene rings is 1. The van der Waals surface area contributed by atoms with E-state index in [4.69, 9.17) is 4.42 Å². The van der Waals surface area contributed by atoms with Crippen molar-refractivity contribution in [1.82, 2.24) is 10.6 Å². The van der Waals surface area contributed by atoms with Crippen LogP contribution in [0.5, 0.6) is 5.75 Å². The Balaban J connectivity index is 2.24. The Hall–Kier alpha value is -2.67. The Morgan fingerprint density at radius 3 is 2.68 bits per heavy atom. The van der Waals surface area contributed by atoms with Crippen LogP contribution >= 0.6 is 0 Å². The number of phenolic OH excluding ortho intramolecular Hbond substituents is 1. The van der Waals surface area contributed by atoms with Gasteiger partial charge >= 0.3 is 5.63 Å². The summed E-state index contributed by atoms with van der Waals surface area (Å²) < 4.78 is 5.02. The van der Waals surface area contributed by atoms with E-state index >= 15 is 0 Å². The number of hydrogen-bond donors (Lipinski definition) is 3. The molecule has 0 aliphatic carbocycles. The van der Waals surface area contributed by atoms with E-state index in [-0.39, 0.29) is 29.2 Å². The molecule has 1 heterocycles. The summed E-state index contributed by atoms with van der Waals surface area (Å²) in [6.07, 6.45) is 0. The second-order valence-corrected chi connectivity index (χ2v) is 4.83. The van der Waals surface area contributed by atoms with E-state index in [0.717, 1.165) is 0 Å². The first kappa shape index (κ1) is 15.7. The number of nitrogens with one attached hydrogen (secondary N) is 2. The van der Waals surface area contributed by atoms with E-state index in [1.165, 1.54) is 31.2 Å². The second-order valence-electron chi connectivity index (χ2n) is 4.83. The van der Waals surface area contributed by atoms with Crippen molar-refractivity contribution in [3.05, 3.63) is 40.2 Å². The van der Waals surface area contributed by atoms with Crippen LogP contribution in [0, 0.1) is 0 Å². The van der Waals surface area contributed by atoms with Gasteiger partial charge in [0.15, 0.2) is 0 Å². The molecule has 0 fully saturated rings. The number of carbonyl (C=O) groups is 2. The lowest BCUT2D eigenvalue weighted by molar-refractivity contribution is -0.118. The van der Waals surface area contributed by atoms with Gasteiger partial charge in [-0.2, -0.15) is 0 Å². The number of rotatable bonds is 5. The lowest BCUT2D eigenvalue weighted by Gasteiger charge is -2.13. The Kier molecular flexibility index (Phi) is 4.57. The van der Waals surface area contributed by atoms with Crippen LogP contribution in [0.3, 0.4) is 0 Å². The van der Waals surface area contributed by atoms with Gasteiger partial charge in [-0.25, -0.2) is 4.79 Å². The largest absolute Gasteiger partial charge is 0.508 e. The third-order valence-electron chi connectivity index (χ3n) is 3.27. The van der Waals surface area contributed by atoms with Gasteiger partial charge in [-0.15, -0.1) is 0 Å². The van der Waals surface area contributed by atoms with Crippen LogP contribution in [0.1, 0.15) is 17.3 Å². The number of phenols is 1. The standard InChI is InChI=1S/C15H16N2O5/c1-8(18)12(16-2)7-17-14(20)11-5-9-3-4-10(19)6-13(9)22-15(11)21/h3-6,12,16,19H,7H2,1-2H3,(H,17,20)/t12-/m0/s1. The number of amides is 1. The number of carbonyl (C=O) groups excluding carboxylic acids is 2. The van der Waals surface area contributed by atoms with Crippen molar-refractivity contribution in [1.29, 1.82) is 0 Å². The minimum absolute atomic E-state index is 0.0360. The maximum atomic E-state index is 12.1. The molecule has 2 rings (SSSR count). The van der Waals surface area contributed by atoms with Gasteiger partial charge in [-0.05, 0) is 32.2 Å². The Bertz CT molecular complexity index is 781. The van der Waals surface area contributed by atoms with Gasteiger partial charge in [0.25, 0.3) is 5.91 Å². The van der Waals surface area contributed by atoms with Gasteiger partial charge in [0.1, 0.15) is 22.7 Å². The van der Waals surface area contributed by atoms with E-state index in [2.05, 4.69) is 10.6 Å². The number of Topliss-reactive ketones (excluding diaryl/α,β-unsaturated/α-hetero) is 1. The van der Waals surface area contributed by atoms with E-state index in [1.54, 1.807) is 7.05 Å². The van der Waals surface area contributed by atoms with Crippen molar-refractivity contribution in [3.63, 3.8) is 0 Å². The zero-order valence-electron chi connectivity index (χ0n) is 12.2. The zero-order chi connectivity index (χ0) is 16.3. The van der Waals surface area contributed by atoms with E-state index in [0.29, 0.717) is 5.39 Å². The molecule has 0 aliphatic rings. The van der Waals surface area contributed by atoms with Crippen molar-refractivity contribution < 1.29 is 19.1 Å². The molecule has 1 aromatic carbocycles. The molecule has 0 bridgehead atoms. The Morgan fingerprint density at radius 2 is 2.05 bits per heavy atom. The molecule has 7 nitrogen and oxygen atoms in total. The van der Waals surface area contributed by atoms with Crippen molar-refractivity contribution in [2.45, 2.75) is 13.0 Å².